The molecule has 0 bridgehead atoms. The first-order valence-corrected chi connectivity index (χ1v) is 10.3. The van der Waals surface area contributed by atoms with E-state index in [1.807, 2.05) is 13.8 Å². The summed E-state index contributed by atoms with van der Waals surface area (Å²) in [6.45, 7) is 4.71. The zero-order chi connectivity index (χ0) is 21.0. The van der Waals surface area contributed by atoms with E-state index in [1.165, 1.54) is 11.0 Å². The summed E-state index contributed by atoms with van der Waals surface area (Å²) >= 11 is 8.68. The first kappa shape index (κ1) is 21.3. The van der Waals surface area contributed by atoms with E-state index in [4.69, 9.17) is 21.7 Å². The first-order chi connectivity index (χ1) is 13.9. The molecular formula is C21H20BrFN2O3S. The SMILES string of the molecule is CCOc1cc(/C=C2\NC(=S)N(CC)C2=O)cc(Br)c1OCc1ccccc1F. The number of halogens is 2. The normalized spacial score (nSPS) is 15.0. The second-order valence-electron chi connectivity index (χ2n) is 6.18. The average molecular weight is 479 g/mol. The Hall–Kier alpha value is -2.45. The Morgan fingerprint density at radius 1 is 1.24 bits per heavy atom. The topological polar surface area (TPSA) is 50.8 Å². The molecule has 0 aliphatic carbocycles. The summed E-state index contributed by atoms with van der Waals surface area (Å²) in [7, 11) is 0. The van der Waals surface area contributed by atoms with Gasteiger partial charge in [0.15, 0.2) is 16.6 Å². The van der Waals surface area contributed by atoms with Gasteiger partial charge in [0.05, 0.1) is 11.1 Å². The fourth-order valence-electron chi connectivity index (χ4n) is 2.87. The van der Waals surface area contributed by atoms with E-state index in [0.717, 1.165) is 5.56 Å². The van der Waals surface area contributed by atoms with Crippen molar-refractivity contribution >= 4 is 45.2 Å². The second-order valence-corrected chi connectivity index (χ2v) is 7.42. The van der Waals surface area contributed by atoms with E-state index >= 15 is 0 Å². The van der Waals surface area contributed by atoms with Crippen LogP contribution in [0.4, 0.5) is 4.39 Å². The predicted octanol–water partition coefficient (Wildman–Crippen LogP) is 4.64. The van der Waals surface area contributed by atoms with Crippen LogP contribution in [0.5, 0.6) is 11.5 Å². The number of carbonyl (C=O) groups excluding carboxylic acids is 1. The largest absolute Gasteiger partial charge is 0.490 e. The average Bonchev–Trinajstić information content (AvgIpc) is 2.95. The van der Waals surface area contributed by atoms with Crippen molar-refractivity contribution < 1.29 is 18.7 Å². The Bertz CT molecular complexity index is 980. The zero-order valence-electron chi connectivity index (χ0n) is 16.0. The number of hydrogen-bond acceptors (Lipinski definition) is 4. The summed E-state index contributed by atoms with van der Waals surface area (Å²) in [6.07, 6.45) is 1.71. The van der Waals surface area contributed by atoms with Gasteiger partial charge in [0.2, 0.25) is 0 Å². The van der Waals surface area contributed by atoms with Crippen LogP contribution < -0.4 is 14.8 Å². The van der Waals surface area contributed by atoms with Crippen LogP contribution in [0.15, 0.2) is 46.6 Å². The van der Waals surface area contributed by atoms with E-state index in [9.17, 15) is 9.18 Å². The van der Waals surface area contributed by atoms with Crippen molar-refractivity contribution in [1.29, 1.82) is 0 Å². The van der Waals surface area contributed by atoms with E-state index in [2.05, 4.69) is 21.2 Å². The molecule has 1 saturated heterocycles. The van der Waals surface area contributed by atoms with Gasteiger partial charge in [0.1, 0.15) is 18.1 Å². The number of ether oxygens (including phenoxy) is 2. The van der Waals surface area contributed by atoms with Crippen molar-refractivity contribution in [3.8, 4) is 11.5 Å². The molecule has 152 valence electrons. The third kappa shape index (κ3) is 4.76. The molecule has 0 radical (unpaired) electrons. The van der Waals surface area contributed by atoms with Gasteiger partial charge in [-0.25, -0.2) is 4.39 Å². The van der Waals surface area contributed by atoms with Crippen LogP contribution in [-0.4, -0.2) is 29.1 Å². The molecule has 1 amide bonds. The van der Waals surface area contributed by atoms with Crippen molar-refractivity contribution in [3.05, 3.63) is 63.5 Å². The van der Waals surface area contributed by atoms with Crippen molar-refractivity contribution in [2.24, 2.45) is 0 Å². The minimum atomic E-state index is -0.329. The van der Waals surface area contributed by atoms with Crippen molar-refractivity contribution in [1.82, 2.24) is 10.2 Å². The third-order valence-electron chi connectivity index (χ3n) is 4.25. The number of carbonyl (C=O) groups is 1. The highest BCUT2D eigenvalue weighted by molar-refractivity contribution is 9.10. The van der Waals surface area contributed by atoms with Gasteiger partial charge in [0.25, 0.3) is 5.91 Å². The number of benzene rings is 2. The summed E-state index contributed by atoms with van der Waals surface area (Å²) in [4.78, 5) is 13.9. The smallest absolute Gasteiger partial charge is 0.276 e. The van der Waals surface area contributed by atoms with Crippen LogP contribution in [0.2, 0.25) is 0 Å². The van der Waals surface area contributed by atoms with E-state index in [-0.39, 0.29) is 18.3 Å². The molecule has 3 rings (SSSR count). The molecule has 1 N–H and O–H groups in total. The van der Waals surface area contributed by atoms with E-state index in [0.29, 0.717) is 45.5 Å². The molecule has 1 aliphatic heterocycles. The van der Waals surface area contributed by atoms with Gasteiger partial charge in [-0.2, -0.15) is 0 Å². The molecule has 1 aliphatic rings. The summed E-state index contributed by atoms with van der Waals surface area (Å²) in [5.41, 5.74) is 1.57. The van der Waals surface area contributed by atoms with Crippen LogP contribution >= 0.6 is 28.1 Å². The van der Waals surface area contributed by atoms with Crippen LogP contribution in [0.3, 0.4) is 0 Å². The highest BCUT2D eigenvalue weighted by Gasteiger charge is 2.29. The summed E-state index contributed by atoms with van der Waals surface area (Å²) in [5, 5.41) is 3.32. The Morgan fingerprint density at radius 2 is 2.00 bits per heavy atom. The Balaban J connectivity index is 1.89. The molecule has 5 nitrogen and oxygen atoms in total. The van der Waals surface area contributed by atoms with Crippen LogP contribution in [0.1, 0.15) is 25.0 Å². The minimum Gasteiger partial charge on any atom is -0.490 e. The molecule has 0 spiro atoms. The number of hydrogen-bond donors (Lipinski definition) is 1. The zero-order valence-corrected chi connectivity index (χ0v) is 18.4. The summed E-state index contributed by atoms with van der Waals surface area (Å²) in [5.74, 6) is 0.454. The predicted molar refractivity (Wildman–Crippen MR) is 117 cm³/mol. The lowest BCUT2D eigenvalue weighted by Crippen LogP contribution is -2.30. The number of rotatable bonds is 7. The third-order valence-corrected chi connectivity index (χ3v) is 5.16. The number of likely N-dealkylation sites (N-methyl/N-ethyl adjacent to an activating group) is 1. The highest BCUT2D eigenvalue weighted by atomic mass is 79.9. The number of nitrogens with one attached hydrogen (secondary N) is 1. The fourth-order valence-corrected chi connectivity index (χ4v) is 3.76. The standard InChI is InChI=1S/C21H20BrFN2O3S/c1-3-25-20(26)17(24-21(25)29)10-13-9-15(22)19(18(11-13)27-4-2)28-12-14-7-5-6-8-16(14)23/h5-11H,3-4,12H2,1-2H3,(H,24,29)/b17-10-. The van der Waals surface area contributed by atoms with E-state index < -0.39 is 0 Å². The Labute approximate surface area is 182 Å². The highest BCUT2D eigenvalue weighted by Crippen LogP contribution is 2.38. The molecule has 0 unspecified atom stereocenters. The molecule has 0 saturated carbocycles. The van der Waals surface area contributed by atoms with Crippen LogP contribution in [-0.2, 0) is 11.4 Å². The first-order valence-electron chi connectivity index (χ1n) is 9.11. The number of amides is 1. The molecule has 0 atom stereocenters. The maximum Gasteiger partial charge on any atom is 0.276 e. The van der Waals surface area contributed by atoms with Crippen molar-refractivity contribution in [3.63, 3.8) is 0 Å². The molecule has 29 heavy (non-hydrogen) atoms. The Kier molecular flexibility index (Phi) is 6.87. The molecule has 0 aromatic heterocycles. The van der Waals surface area contributed by atoms with Gasteiger partial charge in [0, 0.05) is 12.1 Å². The fraction of sp³-hybridized carbons (Fsp3) is 0.238. The maximum atomic E-state index is 13.9. The molecule has 2 aromatic carbocycles. The maximum absolute atomic E-state index is 13.9. The molecule has 1 fully saturated rings. The van der Waals surface area contributed by atoms with Gasteiger partial charge < -0.3 is 14.8 Å². The molecular weight excluding hydrogens is 459 g/mol. The molecule has 2 aromatic rings. The quantitative estimate of drug-likeness (QED) is 0.463. The monoisotopic (exact) mass is 478 g/mol. The van der Waals surface area contributed by atoms with Gasteiger partial charge in [-0.3, -0.25) is 9.69 Å². The van der Waals surface area contributed by atoms with Gasteiger partial charge in [-0.05, 0) is 71.8 Å². The molecule has 1 heterocycles. The van der Waals surface area contributed by atoms with Crippen molar-refractivity contribution in [2.45, 2.75) is 20.5 Å². The van der Waals surface area contributed by atoms with Crippen molar-refractivity contribution in [2.75, 3.05) is 13.2 Å². The van der Waals surface area contributed by atoms with Gasteiger partial charge in [-0.15, -0.1) is 0 Å². The lowest BCUT2D eigenvalue weighted by Gasteiger charge is -2.15. The lowest BCUT2D eigenvalue weighted by molar-refractivity contribution is -0.122. The lowest BCUT2D eigenvalue weighted by atomic mass is 10.1. The van der Waals surface area contributed by atoms with E-state index in [1.54, 1.807) is 36.4 Å². The van der Waals surface area contributed by atoms with Gasteiger partial charge >= 0.3 is 0 Å². The molecule has 8 heteroatoms. The van der Waals surface area contributed by atoms with Gasteiger partial charge in [-0.1, -0.05) is 18.2 Å². The minimum absolute atomic E-state index is 0.0611. The number of thiocarbonyl (C=S) groups is 1. The Morgan fingerprint density at radius 3 is 2.66 bits per heavy atom. The number of nitrogens with zero attached hydrogens (tertiary/aromatic N) is 1. The second kappa shape index (κ2) is 9.37. The van der Waals surface area contributed by atoms with Crippen LogP contribution in [0.25, 0.3) is 6.08 Å². The van der Waals surface area contributed by atoms with Crippen LogP contribution in [0, 0.1) is 5.82 Å². The summed E-state index contributed by atoms with van der Waals surface area (Å²) < 4.78 is 26.1. The summed E-state index contributed by atoms with van der Waals surface area (Å²) in [6, 6.07) is 10.0.